The first-order valence-electron chi connectivity index (χ1n) is 39.0. The molecule has 0 unspecified atom stereocenters. The summed E-state index contributed by atoms with van der Waals surface area (Å²) in [5, 5.41) is 53.3. The van der Waals surface area contributed by atoms with E-state index < -0.39 is 162 Å². The van der Waals surface area contributed by atoms with Crippen molar-refractivity contribution in [3.05, 3.63) is 125 Å². The van der Waals surface area contributed by atoms with Gasteiger partial charge in [-0.25, -0.2) is 9.97 Å². The van der Waals surface area contributed by atoms with Gasteiger partial charge < -0.3 is 50.5 Å². The molecule has 28 nitrogen and oxygen atoms in total. The van der Waals surface area contributed by atoms with Crippen LogP contribution in [0.2, 0.25) is 65.0 Å². The van der Waals surface area contributed by atoms with E-state index in [0.717, 1.165) is 72.4 Å². The topological polar surface area (TPSA) is 417 Å². The number of thiazole rings is 4. The molecule has 0 saturated heterocycles. The minimum atomic E-state index is -2.74. The molecular weight excluding hydrogens is 1760 g/mol. The zero-order valence-corrected chi connectivity index (χ0v) is 79.8. The van der Waals surface area contributed by atoms with Gasteiger partial charge in [-0.05, 0) is 95.9 Å². The zero-order chi connectivity index (χ0) is 85.4. The van der Waals surface area contributed by atoms with Gasteiger partial charge in [0.05, 0.1) is 35.5 Å². The zero-order valence-electron chi connectivity index (χ0n) is 69.3. The van der Waals surface area contributed by atoms with Crippen LogP contribution < -0.4 is 57.6 Å². The molecule has 38 heteroatoms. The van der Waals surface area contributed by atoms with Crippen LogP contribution >= 0.6 is 57.1 Å². The molecule has 116 heavy (non-hydrogen) atoms. The number of hydrogen-bond donors (Lipinski definition) is 11. The Kier molecular flexibility index (Phi) is 31.6. The summed E-state index contributed by atoms with van der Waals surface area (Å²) in [5.41, 5.74) is 9.03. The fourth-order valence-corrected chi connectivity index (χ4v) is 27.6. The number of fused-ring (bicyclic) bond motifs is 10. The monoisotopic (exact) mass is 1870 g/mol. The molecule has 3 aliphatic rings. The third kappa shape index (κ3) is 22.5. The second-order valence-electron chi connectivity index (χ2n) is 33.0. The van der Waals surface area contributed by atoms with Crippen LogP contribution in [-0.2, 0) is 42.8 Å². The molecule has 0 radical (unpaired) electrons. The number of amides is 8. The fraction of sp³-hybridized carbons (Fsp3) is 0.564. The number of benzene rings is 2. The first kappa shape index (κ1) is 93.7. The van der Waals surface area contributed by atoms with E-state index in [-0.39, 0.29) is 107 Å². The van der Waals surface area contributed by atoms with Gasteiger partial charge in [0.1, 0.15) is 57.2 Å². The summed E-state index contributed by atoms with van der Waals surface area (Å²) in [6.07, 6.45) is -3.86. The van der Waals surface area contributed by atoms with Crippen LogP contribution in [0, 0.1) is 0 Å². The SMILES string of the molecule is CC[Si](CC)(CC)O[C@H](C)[C@@H]1NC(=O)[C@@H]([C@@H](C)O[Si](C)(C)C(C)(C)C)NC(=O)c2csc(n2)[C@@]2(NC(=O)[C@H](C)N)CCC(c3nc(C(=O)N[C@H](C[Se]c4ccccc4)C(=O)N[C@H](C[Se]c4ccccc4)C(N)=O)cs3)=N[C@@H]2c2csc(n2)[C@H]([C@@H](C)O)NC(=O)c2csc(n2)[C@H]([C@](C)(O)[C@@H](C)O[Si](C)(C)C(C)(C)C)NC(=O)[C@H]2CSC1=N2. The summed E-state index contributed by atoms with van der Waals surface area (Å²) in [4.78, 5) is 148. The van der Waals surface area contributed by atoms with E-state index in [1.165, 1.54) is 41.7 Å². The Bertz CT molecular complexity index is 4530. The molecule has 0 spiro atoms. The summed E-state index contributed by atoms with van der Waals surface area (Å²) in [7, 11) is -7.83. The van der Waals surface area contributed by atoms with E-state index >= 15 is 14.4 Å². The van der Waals surface area contributed by atoms with Gasteiger partial charge in [0, 0.05) is 16.5 Å². The number of aliphatic hydroxyl groups is 2. The van der Waals surface area contributed by atoms with Crippen LogP contribution in [0.1, 0.15) is 192 Å². The molecule has 0 saturated carbocycles. The molecule has 6 aromatic rings. The van der Waals surface area contributed by atoms with Crippen LogP contribution in [0.25, 0.3) is 0 Å². The number of aliphatic imine (C=N–C) groups is 2. The molecule has 2 aromatic carbocycles. The average Bonchev–Trinajstić information content (AvgIpc) is 1.56. The van der Waals surface area contributed by atoms with Gasteiger partial charge in [0.2, 0.25) is 17.7 Å². The smallest absolute Gasteiger partial charge is 0.411 e. The Labute approximate surface area is 716 Å². The minimum absolute atomic E-state index is 0.00277. The standard InChI is InChI=1S/C78H113N15O13S5Se2Si3/c1-20-116(21-2,22-3)105-45(7)59-72-86-53(37-109-72)67(100)92-61(77(15,103)46(8)106-115(18,19)76(12,13)14)73-87-52(38-110-73)65(98)89-57(43(5)94)71-84-50(35-108-71)60-78(93-63(96)42(4)79,74-88-54(39-111-74)66(99)90-58(69(102)91-59)44(6)104-114(16,17)75(9,10)11)34-33-49(81-60)70-85-51(36-107-70)64(97)83-56(41-113-48-31-27-24-28-32-48)68(101)82-55(62(80)95)40-112-47-29-25-23-26-30-47/h23-32,35-36,38-39,42-46,53,55-61,94,103H,20-22,33-34,37,40-41,79H2,1-19H3,(H2,80,95)(H,82,101)(H,83,97)(H,89,98)(H,90,99)(H,91,102)(H,92,100)(H,93,96)/t42-,43+,44+,45+,46+,53+,55+,56+,57-,58+,59-,60+,61+,77+,78+/m0/s1. The van der Waals surface area contributed by atoms with Gasteiger partial charge in [-0.3, -0.25) is 29.0 Å². The Morgan fingerprint density at radius 2 is 1.21 bits per heavy atom. The van der Waals surface area contributed by atoms with E-state index in [0.29, 0.717) is 15.8 Å². The van der Waals surface area contributed by atoms with E-state index in [2.05, 4.69) is 113 Å². The molecule has 3 aliphatic heterocycles. The number of rotatable bonds is 28. The molecule has 632 valence electrons. The van der Waals surface area contributed by atoms with Crippen molar-refractivity contribution < 1.29 is 61.8 Å². The molecular formula is C78H113N15O13S5Se2Si3. The van der Waals surface area contributed by atoms with Crippen molar-refractivity contribution in [2.45, 2.75) is 272 Å². The Hall–Kier alpha value is -6.14. The third-order valence-corrected chi connectivity index (χ3v) is 45.9. The average molecular weight is 1870 g/mol. The van der Waals surface area contributed by atoms with Gasteiger partial charge >= 0.3 is 265 Å². The van der Waals surface area contributed by atoms with E-state index in [4.69, 9.17) is 54.7 Å². The number of carbonyl (C=O) groups excluding carboxylic acids is 8. The number of primary amides is 1. The van der Waals surface area contributed by atoms with Crippen LogP contribution in [-0.4, -0.2) is 215 Å². The second kappa shape index (κ2) is 39.1. The summed E-state index contributed by atoms with van der Waals surface area (Å²) in [6.45, 7) is 36.8. The molecule has 8 bridgehead atoms. The number of thioether (sulfide) groups is 1. The van der Waals surface area contributed by atoms with Gasteiger partial charge in [-0.2, -0.15) is 0 Å². The summed E-state index contributed by atoms with van der Waals surface area (Å²) >= 11 is 4.97. The van der Waals surface area contributed by atoms with E-state index in [9.17, 15) is 34.2 Å². The third-order valence-electron chi connectivity index (χ3n) is 22.5. The summed E-state index contributed by atoms with van der Waals surface area (Å²) < 4.78 is 23.0. The summed E-state index contributed by atoms with van der Waals surface area (Å²) in [6, 6.07) is 10.9. The normalized spacial score (nSPS) is 22.6. The van der Waals surface area contributed by atoms with Crippen molar-refractivity contribution >= 4 is 179 Å². The molecule has 4 aromatic heterocycles. The van der Waals surface area contributed by atoms with Gasteiger partial charge in [-0.1, -0.05) is 62.3 Å². The number of nitrogens with zero attached hydrogens (tertiary/aromatic N) is 6. The second-order valence-corrected chi connectivity index (χ2v) is 56.3. The molecule has 0 aliphatic carbocycles. The van der Waals surface area contributed by atoms with E-state index in [1.807, 2.05) is 80.7 Å². The van der Waals surface area contributed by atoms with Crippen LogP contribution in [0.4, 0.5) is 0 Å². The van der Waals surface area contributed by atoms with Crippen molar-refractivity contribution in [2.24, 2.45) is 21.5 Å². The maximum absolute atomic E-state index is 15.8. The number of hydrogen-bond acceptors (Lipinski definition) is 25. The van der Waals surface area contributed by atoms with Crippen LogP contribution in [0.3, 0.4) is 0 Å². The first-order valence-corrected chi connectivity index (χ1v) is 56.0. The Morgan fingerprint density at radius 1 is 0.647 bits per heavy atom. The number of carbonyl (C=O) groups is 8. The Morgan fingerprint density at radius 3 is 1.78 bits per heavy atom. The van der Waals surface area contributed by atoms with Crippen molar-refractivity contribution in [1.29, 1.82) is 0 Å². The molecule has 0 fully saturated rings. The predicted octanol–water partition coefficient (Wildman–Crippen LogP) is 8.26. The van der Waals surface area contributed by atoms with Crippen LogP contribution in [0.15, 0.2) is 92.2 Å². The van der Waals surface area contributed by atoms with Crippen molar-refractivity contribution in [3.8, 4) is 0 Å². The van der Waals surface area contributed by atoms with Crippen molar-refractivity contribution in [2.75, 3.05) is 5.75 Å². The van der Waals surface area contributed by atoms with Gasteiger partial charge in [-0.15, -0.1) is 45.8 Å². The maximum atomic E-state index is 15.8. The molecule has 7 heterocycles. The Balaban J connectivity index is 1.18. The van der Waals surface area contributed by atoms with Gasteiger partial charge in [0.15, 0.2) is 25.0 Å². The quantitative estimate of drug-likeness (QED) is 0.0206. The van der Waals surface area contributed by atoms with Gasteiger partial charge in [0.25, 0.3) is 11.8 Å². The fourth-order valence-electron chi connectivity index (χ4n) is 12.8. The minimum Gasteiger partial charge on any atom is -0.411 e. The summed E-state index contributed by atoms with van der Waals surface area (Å²) in [5.74, 6) is -5.25. The van der Waals surface area contributed by atoms with Crippen molar-refractivity contribution in [3.63, 3.8) is 0 Å². The predicted molar refractivity (Wildman–Crippen MR) is 470 cm³/mol. The molecule has 8 amide bonds. The molecule has 15 atom stereocenters. The number of nitrogens with two attached hydrogens (primary N) is 2. The van der Waals surface area contributed by atoms with E-state index in [1.54, 1.807) is 26.2 Å². The molecule has 9 rings (SSSR count). The number of aliphatic hydroxyl groups excluding tert-OH is 1. The van der Waals surface area contributed by atoms with Crippen molar-refractivity contribution in [1.82, 2.24) is 57.2 Å². The molecule has 13 N–H and O–H groups in total. The number of nitrogens with one attached hydrogen (secondary N) is 7. The number of aromatic nitrogens is 4. The van der Waals surface area contributed by atoms with Crippen LogP contribution in [0.5, 0.6) is 0 Å². The first-order chi connectivity index (χ1) is 54.4.